The minimum atomic E-state index is -4.60. The van der Waals surface area contributed by atoms with E-state index in [1.807, 2.05) is 19.1 Å². The number of hydrogen-bond acceptors (Lipinski definition) is 8. The third-order valence-corrected chi connectivity index (χ3v) is 7.28. The van der Waals surface area contributed by atoms with E-state index in [1.165, 1.54) is 0 Å². The molecular formula is C27H38F3N7O2. The van der Waals surface area contributed by atoms with Crippen LogP contribution in [-0.4, -0.2) is 91.7 Å². The number of nitrogens with zero attached hydrogens (tertiary/aromatic N) is 5. The van der Waals surface area contributed by atoms with Crippen LogP contribution in [0.1, 0.15) is 37.3 Å². The first-order valence-corrected chi connectivity index (χ1v) is 13.5. The van der Waals surface area contributed by atoms with Crippen molar-refractivity contribution in [2.75, 3.05) is 75.6 Å². The highest BCUT2D eigenvalue weighted by atomic mass is 19.4. The number of hydrogen-bond donors (Lipinski definition) is 2. The van der Waals surface area contributed by atoms with Crippen molar-refractivity contribution in [3.8, 4) is 0 Å². The van der Waals surface area contributed by atoms with E-state index < -0.39 is 11.7 Å². The highest BCUT2D eigenvalue weighted by Crippen LogP contribution is 2.35. The molecule has 0 saturated carbocycles. The number of halogens is 3. The summed E-state index contributed by atoms with van der Waals surface area (Å²) in [6.45, 7) is 5.99. The Morgan fingerprint density at radius 3 is 2.74 bits per heavy atom. The SMILES string of the molecule is CCc1cc(N2CC[C@H](N(C)C)C2)ccc1Nc1ncc(C(F)(F)F)c(NCCCN2CCOCCC2=O)n1. The molecule has 0 radical (unpaired) electrons. The first-order valence-electron chi connectivity index (χ1n) is 13.5. The minimum absolute atomic E-state index is 0.00278. The van der Waals surface area contributed by atoms with Crippen molar-refractivity contribution in [1.29, 1.82) is 0 Å². The minimum Gasteiger partial charge on any atom is -0.379 e. The lowest BCUT2D eigenvalue weighted by molar-refractivity contribution is -0.137. The number of aromatic nitrogens is 2. The molecule has 1 atom stereocenters. The first-order chi connectivity index (χ1) is 18.7. The van der Waals surface area contributed by atoms with E-state index in [9.17, 15) is 18.0 Å². The van der Waals surface area contributed by atoms with Crippen LogP contribution in [0, 0.1) is 0 Å². The van der Waals surface area contributed by atoms with Gasteiger partial charge in [-0.2, -0.15) is 18.2 Å². The Hall–Kier alpha value is -3.12. The Morgan fingerprint density at radius 2 is 2.03 bits per heavy atom. The van der Waals surface area contributed by atoms with Gasteiger partial charge in [0.15, 0.2) is 0 Å². The van der Waals surface area contributed by atoms with Crippen molar-refractivity contribution >= 4 is 29.0 Å². The summed E-state index contributed by atoms with van der Waals surface area (Å²) in [4.78, 5) is 26.5. The topological polar surface area (TPSA) is 85.9 Å². The fourth-order valence-electron chi connectivity index (χ4n) is 4.93. The summed E-state index contributed by atoms with van der Waals surface area (Å²) in [6.07, 6.45) is -1.15. The summed E-state index contributed by atoms with van der Waals surface area (Å²) in [7, 11) is 4.19. The van der Waals surface area contributed by atoms with E-state index in [0.717, 1.165) is 49.1 Å². The van der Waals surface area contributed by atoms with Gasteiger partial charge in [-0.15, -0.1) is 0 Å². The van der Waals surface area contributed by atoms with E-state index in [0.29, 0.717) is 45.2 Å². The van der Waals surface area contributed by atoms with Gasteiger partial charge in [0.05, 0.1) is 19.6 Å². The molecule has 9 nitrogen and oxygen atoms in total. The van der Waals surface area contributed by atoms with Crippen LogP contribution in [-0.2, 0) is 22.1 Å². The maximum atomic E-state index is 13.7. The number of nitrogens with one attached hydrogen (secondary N) is 2. The highest BCUT2D eigenvalue weighted by molar-refractivity contribution is 5.76. The van der Waals surface area contributed by atoms with E-state index >= 15 is 0 Å². The van der Waals surface area contributed by atoms with Crippen molar-refractivity contribution in [3.05, 3.63) is 35.5 Å². The van der Waals surface area contributed by atoms with Crippen molar-refractivity contribution in [2.24, 2.45) is 0 Å². The van der Waals surface area contributed by atoms with Crippen LogP contribution in [0.5, 0.6) is 0 Å². The van der Waals surface area contributed by atoms with Crippen LogP contribution in [0.2, 0.25) is 0 Å². The lowest BCUT2D eigenvalue weighted by Gasteiger charge is -2.23. The summed E-state index contributed by atoms with van der Waals surface area (Å²) in [6, 6.07) is 6.60. The third kappa shape index (κ3) is 7.51. The van der Waals surface area contributed by atoms with Gasteiger partial charge >= 0.3 is 6.18 Å². The van der Waals surface area contributed by atoms with Gasteiger partial charge in [0, 0.05) is 56.3 Å². The molecule has 1 amide bonds. The molecule has 2 fully saturated rings. The van der Waals surface area contributed by atoms with Gasteiger partial charge in [-0.1, -0.05) is 6.92 Å². The summed E-state index contributed by atoms with van der Waals surface area (Å²) >= 11 is 0. The molecule has 4 rings (SSSR count). The number of anilines is 4. The molecule has 0 aliphatic carbocycles. The number of benzene rings is 1. The molecule has 39 heavy (non-hydrogen) atoms. The van der Waals surface area contributed by atoms with Crippen LogP contribution in [0.4, 0.5) is 36.3 Å². The fraction of sp³-hybridized carbons (Fsp3) is 0.593. The summed E-state index contributed by atoms with van der Waals surface area (Å²) < 4.78 is 46.3. The molecule has 0 bridgehead atoms. The Kier molecular flexibility index (Phi) is 9.49. The highest BCUT2D eigenvalue weighted by Gasteiger charge is 2.35. The Morgan fingerprint density at radius 1 is 1.21 bits per heavy atom. The van der Waals surface area contributed by atoms with E-state index in [2.05, 4.69) is 50.6 Å². The predicted molar refractivity (Wildman–Crippen MR) is 146 cm³/mol. The standard InChI is InChI=1S/C27H38F3N7O2/c1-4-19-16-20(37-12-8-21(18-37)35(2)3)6-7-23(19)33-26-32-17-22(27(28,29)30)25(34-26)31-10-5-11-36-13-15-39-14-9-24(36)38/h6-7,16-17,21H,4-5,8-15,18H2,1-3H3,(H2,31,32,33,34)/t21-/m0/s1. The second-order valence-electron chi connectivity index (χ2n) is 10.1. The Balaban J connectivity index is 1.44. The van der Waals surface area contributed by atoms with Crippen molar-refractivity contribution in [1.82, 2.24) is 19.8 Å². The molecule has 2 aliphatic heterocycles. The van der Waals surface area contributed by atoms with Crippen LogP contribution in [0.15, 0.2) is 24.4 Å². The predicted octanol–water partition coefficient (Wildman–Crippen LogP) is 3.99. The smallest absolute Gasteiger partial charge is 0.379 e. The zero-order valence-corrected chi connectivity index (χ0v) is 22.9. The number of amides is 1. The number of alkyl halides is 3. The molecule has 0 spiro atoms. The molecule has 0 unspecified atom stereocenters. The van der Waals surface area contributed by atoms with Gasteiger partial charge in [-0.05, 0) is 57.1 Å². The van der Waals surface area contributed by atoms with Gasteiger partial charge < -0.3 is 30.1 Å². The molecule has 2 aliphatic rings. The molecule has 2 aromatic rings. The molecule has 3 heterocycles. The van der Waals surface area contributed by atoms with E-state index in [4.69, 9.17) is 4.74 Å². The number of aryl methyl sites for hydroxylation is 1. The first kappa shape index (κ1) is 28.9. The van der Waals surface area contributed by atoms with Crippen molar-refractivity contribution in [3.63, 3.8) is 0 Å². The van der Waals surface area contributed by atoms with Crippen LogP contribution < -0.4 is 15.5 Å². The third-order valence-electron chi connectivity index (χ3n) is 7.28. The molecule has 2 N–H and O–H groups in total. The van der Waals surface area contributed by atoms with Gasteiger partial charge in [-0.25, -0.2) is 4.98 Å². The van der Waals surface area contributed by atoms with E-state index in [-0.39, 0.29) is 24.2 Å². The van der Waals surface area contributed by atoms with Gasteiger partial charge in [0.25, 0.3) is 0 Å². The number of likely N-dealkylation sites (N-methyl/N-ethyl adjacent to an activating group) is 1. The molecule has 1 aromatic heterocycles. The maximum absolute atomic E-state index is 13.7. The zero-order valence-electron chi connectivity index (χ0n) is 22.9. The second-order valence-corrected chi connectivity index (χ2v) is 10.1. The summed E-state index contributed by atoms with van der Waals surface area (Å²) in [5.41, 5.74) is 2.00. The average Bonchev–Trinajstić information content (AvgIpc) is 3.31. The summed E-state index contributed by atoms with van der Waals surface area (Å²) in [5.74, 6) is -0.203. The Bertz CT molecular complexity index is 1130. The number of rotatable bonds is 10. The molecule has 1 aromatic carbocycles. The van der Waals surface area contributed by atoms with Gasteiger partial charge in [-0.3, -0.25) is 4.79 Å². The van der Waals surface area contributed by atoms with Crippen molar-refractivity contribution < 1.29 is 22.7 Å². The normalized spacial score (nSPS) is 18.5. The van der Waals surface area contributed by atoms with Crippen LogP contribution >= 0.6 is 0 Å². The summed E-state index contributed by atoms with van der Waals surface area (Å²) in [5, 5.41) is 5.93. The molecule has 214 valence electrons. The maximum Gasteiger partial charge on any atom is 0.421 e. The monoisotopic (exact) mass is 549 g/mol. The van der Waals surface area contributed by atoms with Crippen LogP contribution in [0.25, 0.3) is 0 Å². The fourth-order valence-corrected chi connectivity index (χ4v) is 4.93. The second kappa shape index (κ2) is 12.8. The van der Waals surface area contributed by atoms with Gasteiger partial charge in [0.1, 0.15) is 11.4 Å². The molecule has 2 saturated heterocycles. The number of carbonyl (C=O) groups is 1. The molecule has 12 heteroatoms. The van der Waals surface area contributed by atoms with E-state index in [1.54, 1.807) is 4.90 Å². The lowest BCUT2D eigenvalue weighted by atomic mass is 10.1. The van der Waals surface area contributed by atoms with Crippen LogP contribution in [0.3, 0.4) is 0 Å². The van der Waals surface area contributed by atoms with Gasteiger partial charge in [0.2, 0.25) is 11.9 Å². The zero-order chi connectivity index (χ0) is 28.0. The molecular weight excluding hydrogens is 511 g/mol. The number of carbonyl (C=O) groups excluding carboxylic acids is 1. The number of ether oxygens (including phenoxy) is 1. The van der Waals surface area contributed by atoms with Crippen molar-refractivity contribution in [2.45, 2.75) is 44.8 Å². The average molecular weight is 550 g/mol. The Labute approximate surface area is 227 Å². The largest absolute Gasteiger partial charge is 0.421 e. The quantitative estimate of drug-likeness (QED) is 0.431. The lowest BCUT2D eigenvalue weighted by Crippen LogP contribution is -2.33.